The molecule has 1 rings (SSSR count). The molecule has 10 heteroatoms. The zero-order valence-corrected chi connectivity index (χ0v) is 10.9. The van der Waals surface area contributed by atoms with E-state index in [1.165, 1.54) is 0 Å². The fraction of sp³-hybridized carbons (Fsp3) is 0.200. The zero-order valence-electron chi connectivity index (χ0n) is 10.0. The van der Waals surface area contributed by atoms with Gasteiger partial charge in [0.05, 0.1) is 4.92 Å². The molecular formula is C10H8F2N4O3S. The van der Waals surface area contributed by atoms with Crippen molar-refractivity contribution in [1.29, 1.82) is 5.26 Å². The van der Waals surface area contributed by atoms with Crippen molar-refractivity contribution in [3.05, 3.63) is 28.3 Å². The minimum Gasteiger partial charge on any atom is -0.433 e. The quantitative estimate of drug-likeness (QED) is 0.229. The molecule has 0 saturated heterocycles. The van der Waals surface area contributed by atoms with Crippen LogP contribution in [0, 0.1) is 21.6 Å². The summed E-state index contributed by atoms with van der Waals surface area (Å²) in [6, 6.07) is 3.02. The molecule has 0 bridgehead atoms. The van der Waals surface area contributed by atoms with E-state index in [9.17, 15) is 18.9 Å². The second-order valence-corrected chi connectivity index (χ2v) is 3.94. The number of ether oxygens (including phenoxy) is 1. The monoisotopic (exact) mass is 302 g/mol. The van der Waals surface area contributed by atoms with Crippen LogP contribution in [0.2, 0.25) is 0 Å². The lowest BCUT2D eigenvalue weighted by atomic mass is 10.2. The molecule has 0 amide bonds. The molecule has 0 aliphatic carbocycles. The lowest BCUT2D eigenvalue weighted by Gasteiger charge is -2.08. The van der Waals surface area contributed by atoms with Gasteiger partial charge in [-0.25, -0.2) is 4.99 Å². The second-order valence-electron chi connectivity index (χ2n) is 3.15. The van der Waals surface area contributed by atoms with Crippen molar-refractivity contribution < 1.29 is 18.4 Å². The normalized spacial score (nSPS) is 11.1. The van der Waals surface area contributed by atoms with E-state index in [0.717, 1.165) is 30.0 Å². The third-order valence-corrected chi connectivity index (χ3v) is 2.53. The molecule has 0 heterocycles. The Morgan fingerprint density at radius 3 is 2.85 bits per heavy atom. The van der Waals surface area contributed by atoms with Gasteiger partial charge < -0.3 is 4.74 Å². The van der Waals surface area contributed by atoms with Gasteiger partial charge in [-0.15, -0.1) is 0 Å². The minimum absolute atomic E-state index is 0.0899. The predicted octanol–water partition coefficient (Wildman–Crippen LogP) is 2.62. The summed E-state index contributed by atoms with van der Waals surface area (Å²) in [4.78, 5) is 13.8. The summed E-state index contributed by atoms with van der Waals surface area (Å²) in [5.41, 5.74) is -0.505. The largest absolute Gasteiger partial charge is 0.433 e. The number of hydrogen-bond acceptors (Lipinski definition) is 6. The van der Waals surface area contributed by atoms with Gasteiger partial charge in [0.2, 0.25) is 0 Å². The van der Waals surface area contributed by atoms with Crippen molar-refractivity contribution >= 4 is 28.3 Å². The maximum Gasteiger partial charge on any atom is 0.387 e. The Kier molecular flexibility index (Phi) is 5.67. The number of hydrogen-bond donors (Lipinski definition) is 1. The van der Waals surface area contributed by atoms with Gasteiger partial charge in [-0.1, -0.05) is 11.8 Å². The standard InChI is InChI=1S/C10H8F2N4O3S/c1-20-10(14-5-13)15-7-4-6(16(17)18)2-3-8(7)19-9(11)12/h2-4,9H,1H3,(H,14,15). The summed E-state index contributed by atoms with van der Waals surface area (Å²) >= 11 is 1.03. The van der Waals surface area contributed by atoms with E-state index in [0.29, 0.717) is 0 Å². The molecule has 7 nitrogen and oxygen atoms in total. The number of benzene rings is 1. The summed E-state index contributed by atoms with van der Waals surface area (Å²) in [7, 11) is 0. The van der Waals surface area contributed by atoms with Gasteiger partial charge in [0.15, 0.2) is 17.1 Å². The number of nitro groups is 1. The van der Waals surface area contributed by atoms with Gasteiger partial charge in [-0.05, 0) is 12.3 Å². The first-order valence-electron chi connectivity index (χ1n) is 4.99. The van der Waals surface area contributed by atoms with E-state index in [2.05, 4.69) is 15.0 Å². The molecule has 0 aromatic heterocycles. The summed E-state index contributed by atoms with van der Waals surface area (Å²) in [5, 5.41) is 21.5. The number of nitro benzene ring substituents is 1. The van der Waals surface area contributed by atoms with Gasteiger partial charge in [0.1, 0.15) is 5.69 Å². The van der Waals surface area contributed by atoms with E-state index in [-0.39, 0.29) is 22.3 Å². The van der Waals surface area contributed by atoms with Crippen molar-refractivity contribution in [2.75, 3.05) is 6.26 Å². The molecule has 106 valence electrons. The molecule has 0 radical (unpaired) electrons. The van der Waals surface area contributed by atoms with Crippen LogP contribution in [0.15, 0.2) is 23.2 Å². The first kappa shape index (κ1) is 15.6. The van der Waals surface area contributed by atoms with Crippen LogP contribution in [-0.4, -0.2) is 23.0 Å². The highest BCUT2D eigenvalue weighted by Gasteiger charge is 2.15. The molecule has 0 aliphatic rings. The van der Waals surface area contributed by atoms with Gasteiger partial charge in [0.25, 0.3) is 5.69 Å². The van der Waals surface area contributed by atoms with Gasteiger partial charge in [-0.3, -0.25) is 15.4 Å². The highest BCUT2D eigenvalue weighted by atomic mass is 32.2. The van der Waals surface area contributed by atoms with E-state index < -0.39 is 11.5 Å². The number of thioether (sulfide) groups is 1. The van der Waals surface area contributed by atoms with E-state index in [4.69, 9.17) is 5.26 Å². The third kappa shape index (κ3) is 4.36. The number of nitrogens with one attached hydrogen (secondary N) is 1. The van der Waals surface area contributed by atoms with Crippen molar-refractivity contribution in [3.63, 3.8) is 0 Å². The van der Waals surface area contributed by atoms with Crippen molar-refractivity contribution in [2.24, 2.45) is 4.99 Å². The van der Waals surface area contributed by atoms with Crippen molar-refractivity contribution in [2.45, 2.75) is 6.61 Å². The summed E-state index contributed by atoms with van der Waals surface area (Å²) in [6.07, 6.45) is 3.20. The third-order valence-electron chi connectivity index (χ3n) is 1.95. The Morgan fingerprint density at radius 1 is 1.65 bits per heavy atom. The molecule has 0 fully saturated rings. The van der Waals surface area contributed by atoms with Gasteiger partial charge >= 0.3 is 6.61 Å². The fourth-order valence-corrected chi connectivity index (χ4v) is 1.52. The van der Waals surface area contributed by atoms with Crippen LogP contribution in [0.4, 0.5) is 20.2 Å². The predicted molar refractivity (Wildman–Crippen MR) is 69.1 cm³/mol. The molecule has 1 aromatic carbocycles. The van der Waals surface area contributed by atoms with E-state index in [1.54, 1.807) is 12.4 Å². The van der Waals surface area contributed by atoms with Crippen molar-refractivity contribution in [1.82, 2.24) is 5.32 Å². The Morgan fingerprint density at radius 2 is 2.35 bits per heavy atom. The smallest absolute Gasteiger partial charge is 0.387 e. The number of rotatable bonds is 4. The van der Waals surface area contributed by atoms with E-state index in [1.807, 2.05) is 0 Å². The topological polar surface area (TPSA) is 101 Å². The zero-order chi connectivity index (χ0) is 15.1. The summed E-state index contributed by atoms with van der Waals surface area (Å²) in [6.45, 7) is -3.09. The first-order valence-corrected chi connectivity index (χ1v) is 6.21. The van der Waals surface area contributed by atoms with Crippen LogP contribution in [0.5, 0.6) is 5.75 Å². The van der Waals surface area contributed by atoms with Crippen LogP contribution in [0.25, 0.3) is 0 Å². The highest BCUT2D eigenvalue weighted by molar-refractivity contribution is 8.13. The lowest BCUT2D eigenvalue weighted by molar-refractivity contribution is -0.384. The molecule has 1 N–H and O–H groups in total. The highest BCUT2D eigenvalue weighted by Crippen LogP contribution is 2.33. The summed E-state index contributed by atoms with van der Waals surface area (Å²) < 4.78 is 28.7. The second kappa shape index (κ2) is 7.25. The summed E-state index contributed by atoms with van der Waals surface area (Å²) in [5.74, 6) is -0.322. The molecule has 0 saturated carbocycles. The maximum absolute atomic E-state index is 12.2. The number of amidine groups is 1. The molecule has 1 aromatic rings. The van der Waals surface area contributed by atoms with Crippen LogP contribution in [0.3, 0.4) is 0 Å². The Bertz CT molecular complexity index is 574. The molecule has 0 atom stereocenters. The first-order chi connectivity index (χ1) is 9.47. The Balaban J connectivity index is 3.27. The van der Waals surface area contributed by atoms with Crippen LogP contribution in [-0.2, 0) is 0 Å². The van der Waals surface area contributed by atoms with Gasteiger partial charge in [-0.2, -0.15) is 14.0 Å². The van der Waals surface area contributed by atoms with Crippen LogP contribution < -0.4 is 10.1 Å². The average molecular weight is 302 g/mol. The van der Waals surface area contributed by atoms with Crippen molar-refractivity contribution in [3.8, 4) is 11.9 Å². The van der Waals surface area contributed by atoms with E-state index >= 15 is 0 Å². The fourth-order valence-electron chi connectivity index (χ4n) is 1.18. The molecule has 0 unspecified atom stereocenters. The number of nitriles is 1. The number of nitrogens with zero attached hydrogens (tertiary/aromatic N) is 3. The SMILES string of the molecule is CSC(=Nc1cc([N+](=O)[O-])ccc1OC(F)F)NC#N. The van der Waals surface area contributed by atoms with Gasteiger partial charge in [0, 0.05) is 12.1 Å². The minimum atomic E-state index is -3.09. The molecule has 0 aliphatic heterocycles. The number of alkyl halides is 2. The number of non-ortho nitro benzene ring substituents is 1. The Labute approximate surface area is 116 Å². The molecular weight excluding hydrogens is 294 g/mol. The molecule has 0 spiro atoms. The number of aliphatic imine (C=N–C) groups is 1. The average Bonchev–Trinajstić information content (AvgIpc) is 2.39. The molecule has 20 heavy (non-hydrogen) atoms. The lowest BCUT2D eigenvalue weighted by Crippen LogP contribution is -2.12. The number of halogens is 2. The maximum atomic E-state index is 12.2. The van der Waals surface area contributed by atoms with Crippen LogP contribution in [0.1, 0.15) is 0 Å². The Hall–Kier alpha value is -2.41. The van der Waals surface area contributed by atoms with Crippen LogP contribution >= 0.6 is 11.8 Å².